The van der Waals surface area contributed by atoms with Crippen molar-refractivity contribution in [1.82, 2.24) is 14.9 Å². The number of hydrogen-bond acceptors (Lipinski definition) is 3. The van der Waals surface area contributed by atoms with Crippen LogP contribution in [0.25, 0.3) is 5.69 Å². The van der Waals surface area contributed by atoms with Crippen LogP contribution in [0.5, 0.6) is 5.75 Å². The zero-order chi connectivity index (χ0) is 24.0. The molecule has 5 nitrogen and oxygen atoms in total. The summed E-state index contributed by atoms with van der Waals surface area (Å²) in [4.78, 5) is 6.80. The number of phenolic OH excluding ortho intramolecular Hbond substituents is 1. The van der Waals surface area contributed by atoms with Crippen LogP contribution < -0.4 is 10.2 Å². The Morgan fingerprint density at radius 2 is 1.59 bits per heavy atom. The molecule has 1 saturated heterocycles. The number of phenols is 1. The molecule has 4 aromatic rings. The number of aromatic nitrogens is 2. The van der Waals surface area contributed by atoms with Gasteiger partial charge in [0.25, 0.3) is 0 Å². The highest BCUT2D eigenvalue weighted by molar-refractivity contribution is 7.80. The van der Waals surface area contributed by atoms with Gasteiger partial charge in [-0.2, -0.15) is 0 Å². The van der Waals surface area contributed by atoms with Crippen LogP contribution >= 0.6 is 12.2 Å². The minimum Gasteiger partial charge on any atom is -0.508 e. The summed E-state index contributed by atoms with van der Waals surface area (Å²) in [5.74, 6) is 0.229. The van der Waals surface area contributed by atoms with Crippen molar-refractivity contribution < 1.29 is 5.11 Å². The van der Waals surface area contributed by atoms with E-state index in [-0.39, 0.29) is 17.8 Å². The zero-order valence-electron chi connectivity index (χ0n) is 19.8. The van der Waals surface area contributed by atoms with Crippen molar-refractivity contribution in [2.24, 2.45) is 0 Å². The van der Waals surface area contributed by atoms with E-state index in [2.05, 4.69) is 71.7 Å². The van der Waals surface area contributed by atoms with Crippen molar-refractivity contribution >= 4 is 23.0 Å². The van der Waals surface area contributed by atoms with Gasteiger partial charge in [0.1, 0.15) is 5.75 Å². The Labute approximate surface area is 205 Å². The number of nitrogens with one attached hydrogen (secondary N) is 1. The molecule has 0 bridgehead atoms. The highest BCUT2D eigenvalue weighted by Crippen LogP contribution is 2.44. The smallest absolute Gasteiger partial charge is 0.174 e. The molecule has 2 aromatic heterocycles. The summed E-state index contributed by atoms with van der Waals surface area (Å²) in [6.07, 6.45) is 1.82. The molecule has 2 N–H and O–H groups in total. The quantitative estimate of drug-likeness (QED) is 0.361. The number of nitrogens with zero attached hydrogens (tertiary/aromatic N) is 3. The maximum Gasteiger partial charge on any atom is 0.174 e. The average molecular weight is 469 g/mol. The van der Waals surface area contributed by atoms with Gasteiger partial charge in [-0.05, 0) is 111 Å². The lowest BCUT2D eigenvalue weighted by molar-refractivity contribution is 0.475. The first kappa shape index (κ1) is 22.2. The molecule has 0 aliphatic carbocycles. The number of hydrogen-bond donors (Lipinski definition) is 2. The highest BCUT2D eigenvalue weighted by Gasteiger charge is 2.42. The van der Waals surface area contributed by atoms with Crippen LogP contribution in [0.1, 0.15) is 45.9 Å². The van der Waals surface area contributed by atoms with E-state index in [4.69, 9.17) is 12.2 Å². The van der Waals surface area contributed by atoms with Gasteiger partial charge in [-0.1, -0.05) is 12.1 Å². The first-order valence-corrected chi connectivity index (χ1v) is 11.8. The molecule has 0 saturated carbocycles. The number of aryl methyl sites for hydroxylation is 3. The second-order valence-corrected chi connectivity index (χ2v) is 9.41. The lowest BCUT2D eigenvalue weighted by atomic mass is 9.96. The van der Waals surface area contributed by atoms with Gasteiger partial charge < -0.3 is 19.9 Å². The van der Waals surface area contributed by atoms with Crippen LogP contribution in [0, 0.1) is 27.7 Å². The Morgan fingerprint density at radius 1 is 0.882 bits per heavy atom. The predicted octanol–water partition coefficient (Wildman–Crippen LogP) is 5.99. The zero-order valence-corrected chi connectivity index (χ0v) is 20.6. The lowest BCUT2D eigenvalue weighted by Gasteiger charge is -2.28. The highest BCUT2D eigenvalue weighted by atomic mass is 32.1. The minimum absolute atomic E-state index is 0.0993. The largest absolute Gasteiger partial charge is 0.508 e. The van der Waals surface area contributed by atoms with E-state index in [1.54, 1.807) is 12.1 Å². The molecule has 6 heteroatoms. The third-order valence-electron chi connectivity index (χ3n) is 6.48. The van der Waals surface area contributed by atoms with Gasteiger partial charge in [0.05, 0.1) is 17.8 Å². The summed E-state index contributed by atoms with van der Waals surface area (Å²) in [7, 11) is 0. The standard InChI is InChI=1S/C28H28N4OS/c1-17-13-18(2)15-22(14-17)31-19(3)16-24(20(31)4)27-26(25-7-5-6-12-29-25)30-28(34)32(27)21-8-10-23(33)11-9-21/h5-16,26-27,33H,1-4H3,(H,30,34)/t26-,27+/m0/s1. The molecule has 2 aromatic carbocycles. The fourth-order valence-corrected chi connectivity index (χ4v) is 5.47. The molecule has 172 valence electrons. The van der Waals surface area contributed by atoms with Crippen molar-refractivity contribution in [3.05, 3.63) is 107 Å². The summed E-state index contributed by atoms with van der Waals surface area (Å²) in [5.41, 5.74) is 9.03. The second-order valence-electron chi connectivity index (χ2n) is 9.02. The van der Waals surface area contributed by atoms with E-state index in [0.29, 0.717) is 5.11 Å². The Bertz CT molecular complexity index is 1340. The van der Waals surface area contributed by atoms with Crippen LogP contribution in [0.2, 0.25) is 0 Å². The molecule has 3 heterocycles. The van der Waals surface area contributed by atoms with Gasteiger partial charge in [-0.3, -0.25) is 4.98 Å². The van der Waals surface area contributed by atoms with E-state index >= 15 is 0 Å². The monoisotopic (exact) mass is 468 g/mol. The summed E-state index contributed by atoms with van der Waals surface area (Å²) in [5, 5.41) is 14.0. The number of anilines is 1. The summed E-state index contributed by atoms with van der Waals surface area (Å²) in [6, 6.07) is 21.9. The molecule has 34 heavy (non-hydrogen) atoms. The average Bonchev–Trinajstić information content (AvgIpc) is 3.29. The van der Waals surface area contributed by atoms with Crippen molar-refractivity contribution in [2.45, 2.75) is 39.8 Å². The third-order valence-corrected chi connectivity index (χ3v) is 6.79. The third kappa shape index (κ3) is 3.84. The first-order valence-electron chi connectivity index (χ1n) is 11.4. The molecule has 1 aliphatic rings. The molecule has 0 amide bonds. The molecule has 2 atom stereocenters. The molecular formula is C28H28N4OS. The van der Waals surface area contributed by atoms with Gasteiger partial charge in [-0.25, -0.2) is 0 Å². The molecule has 1 fully saturated rings. The predicted molar refractivity (Wildman–Crippen MR) is 141 cm³/mol. The van der Waals surface area contributed by atoms with Crippen molar-refractivity contribution in [3.63, 3.8) is 0 Å². The Morgan fingerprint density at radius 3 is 2.24 bits per heavy atom. The van der Waals surface area contributed by atoms with E-state index in [0.717, 1.165) is 17.1 Å². The first-order chi connectivity index (χ1) is 16.3. The van der Waals surface area contributed by atoms with E-state index in [9.17, 15) is 5.11 Å². The number of aromatic hydroxyl groups is 1. The maximum absolute atomic E-state index is 9.85. The Kier molecular flexibility index (Phi) is 5.62. The van der Waals surface area contributed by atoms with Gasteiger partial charge in [0.2, 0.25) is 0 Å². The molecular weight excluding hydrogens is 440 g/mol. The van der Waals surface area contributed by atoms with E-state index in [1.165, 1.54) is 28.1 Å². The van der Waals surface area contributed by atoms with Gasteiger partial charge in [0, 0.05) is 29.0 Å². The van der Waals surface area contributed by atoms with Gasteiger partial charge in [0.15, 0.2) is 5.11 Å². The summed E-state index contributed by atoms with van der Waals surface area (Å²) < 4.78 is 2.32. The summed E-state index contributed by atoms with van der Waals surface area (Å²) in [6.45, 7) is 8.59. The number of rotatable bonds is 4. The second kappa shape index (κ2) is 8.61. The van der Waals surface area contributed by atoms with Gasteiger partial charge in [-0.15, -0.1) is 0 Å². The van der Waals surface area contributed by atoms with Crippen LogP contribution in [-0.2, 0) is 0 Å². The number of benzene rings is 2. The molecule has 0 unspecified atom stereocenters. The Balaban J connectivity index is 1.69. The number of pyridine rings is 1. The van der Waals surface area contributed by atoms with Crippen molar-refractivity contribution in [1.29, 1.82) is 0 Å². The molecule has 5 rings (SSSR count). The SMILES string of the molecule is Cc1cc(C)cc(-n2c(C)cc([C@@H]3[C@H](c4ccccn4)NC(=S)N3c3ccc(O)cc3)c2C)c1. The Hall–Kier alpha value is -3.64. The lowest BCUT2D eigenvalue weighted by Crippen LogP contribution is -2.29. The van der Waals surface area contributed by atoms with E-state index in [1.807, 2.05) is 36.5 Å². The van der Waals surface area contributed by atoms with Crippen molar-refractivity contribution in [2.75, 3.05) is 4.90 Å². The van der Waals surface area contributed by atoms with Crippen LogP contribution in [-0.4, -0.2) is 19.8 Å². The van der Waals surface area contributed by atoms with Crippen LogP contribution in [0.4, 0.5) is 5.69 Å². The van der Waals surface area contributed by atoms with Gasteiger partial charge >= 0.3 is 0 Å². The van der Waals surface area contributed by atoms with Crippen LogP contribution in [0.3, 0.4) is 0 Å². The molecule has 1 aliphatic heterocycles. The minimum atomic E-state index is -0.115. The molecule has 0 radical (unpaired) electrons. The number of thiocarbonyl (C=S) groups is 1. The van der Waals surface area contributed by atoms with Crippen LogP contribution in [0.15, 0.2) is 72.9 Å². The van der Waals surface area contributed by atoms with Crippen molar-refractivity contribution in [3.8, 4) is 11.4 Å². The topological polar surface area (TPSA) is 53.3 Å². The normalized spacial score (nSPS) is 17.8. The fraction of sp³-hybridized carbons (Fsp3) is 0.214. The van der Waals surface area contributed by atoms with E-state index < -0.39 is 0 Å². The maximum atomic E-state index is 9.85. The molecule has 0 spiro atoms. The summed E-state index contributed by atoms with van der Waals surface area (Å²) >= 11 is 5.84. The fourth-order valence-electron chi connectivity index (χ4n) is 5.13.